The molecule has 0 saturated heterocycles. The van der Waals surface area contributed by atoms with Gasteiger partial charge in [-0.3, -0.25) is 9.59 Å². The van der Waals surface area contributed by atoms with Gasteiger partial charge in [0.1, 0.15) is 5.75 Å². The first-order valence-corrected chi connectivity index (χ1v) is 8.09. The second-order valence-electron chi connectivity index (χ2n) is 5.73. The summed E-state index contributed by atoms with van der Waals surface area (Å²) in [4.78, 5) is 23.6. The highest BCUT2D eigenvalue weighted by Gasteiger charge is 2.16. The number of ether oxygens (including phenoxy) is 1. The number of aryl methyl sites for hydroxylation is 2. The first-order valence-electron chi connectivity index (χ1n) is 8.09. The molecule has 3 rings (SSSR count). The average Bonchev–Trinajstić information content (AvgIpc) is 2.60. The molecule has 2 amide bonds. The normalized spacial score (nSPS) is 12.8. The highest BCUT2D eigenvalue weighted by atomic mass is 16.5. The van der Waals surface area contributed by atoms with Crippen LogP contribution in [0.1, 0.15) is 24.5 Å². The molecule has 0 radical (unpaired) electrons. The molecule has 2 aromatic rings. The molecule has 0 bridgehead atoms. The molecule has 0 unspecified atom stereocenters. The fourth-order valence-electron chi connectivity index (χ4n) is 2.71. The Morgan fingerprint density at radius 2 is 2.08 bits per heavy atom. The lowest BCUT2D eigenvalue weighted by Crippen LogP contribution is -2.25. The van der Waals surface area contributed by atoms with Crippen LogP contribution >= 0.6 is 0 Å². The van der Waals surface area contributed by atoms with Gasteiger partial charge >= 0.3 is 0 Å². The van der Waals surface area contributed by atoms with E-state index in [1.165, 1.54) is 0 Å². The summed E-state index contributed by atoms with van der Waals surface area (Å²) in [5, 5.41) is 5.75. The van der Waals surface area contributed by atoms with Crippen molar-refractivity contribution in [2.75, 3.05) is 17.2 Å². The molecular formula is C19H20N2O3. The second kappa shape index (κ2) is 7.17. The van der Waals surface area contributed by atoms with Crippen molar-refractivity contribution in [3.05, 3.63) is 53.6 Å². The van der Waals surface area contributed by atoms with Gasteiger partial charge in [0.25, 0.3) is 5.91 Å². The summed E-state index contributed by atoms with van der Waals surface area (Å²) in [6.07, 6.45) is 1.86. The van der Waals surface area contributed by atoms with Gasteiger partial charge in [0, 0.05) is 12.1 Å². The van der Waals surface area contributed by atoms with Gasteiger partial charge in [-0.2, -0.15) is 0 Å². The van der Waals surface area contributed by atoms with Crippen LogP contribution in [-0.4, -0.2) is 18.4 Å². The van der Waals surface area contributed by atoms with E-state index in [9.17, 15) is 9.59 Å². The standard InChI is InChI=1S/C19H20N2O3/c1-2-14-5-3-4-6-15(14)20-18(22)10-8-13-7-9-17-16(11-13)21-19(23)12-24-17/h3-7,9,11H,2,8,10,12H2,1H3,(H,20,22)(H,21,23). The number of para-hydroxylation sites is 1. The van der Waals surface area contributed by atoms with Gasteiger partial charge in [0.2, 0.25) is 5.91 Å². The zero-order valence-electron chi connectivity index (χ0n) is 13.6. The van der Waals surface area contributed by atoms with E-state index in [0.717, 1.165) is 23.2 Å². The minimum absolute atomic E-state index is 0.0195. The van der Waals surface area contributed by atoms with Gasteiger partial charge in [-0.15, -0.1) is 0 Å². The number of hydrogen-bond donors (Lipinski definition) is 2. The zero-order chi connectivity index (χ0) is 16.9. The van der Waals surface area contributed by atoms with Crippen LogP contribution in [0.5, 0.6) is 5.75 Å². The van der Waals surface area contributed by atoms with Crippen LogP contribution in [0.4, 0.5) is 11.4 Å². The molecule has 24 heavy (non-hydrogen) atoms. The number of anilines is 2. The van der Waals surface area contributed by atoms with Crippen molar-refractivity contribution < 1.29 is 14.3 Å². The molecule has 124 valence electrons. The Morgan fingerprint density at radius 3 is 2.92 bits per heavy atom. The third kappa shape index (κ3) is 3.74. The summed E-state index contributed by atoms with van der Waals surface area (Å²) in [5.74, 6) is 0.488. The van der Waals surface area contributed by atoms with Crippen molar-refractivity contribution in [3.63, 3.8) is 0 Å². The van der Waals surface area contributed by atoms with E-state index in [1.54, 1.807) is 0 Å². The number of amides is 2. The van der Waals surface area contributed by atoms with Gasteiger partial charge in [-0.1, -0.05) is 31.2 Å². The van der Waals surface area contributed by atoms with Crippen molar-refractivity contribution >= 4 is 23.2 Å². The molecule has 1 aliphatic rings. The molecule has 0 aromatic heterocycles. The number of nitrogens with one attached hydrogen (secondary N) is 2. The van der Waals surface area contributed by atoms with Crippen LogP contribution < -0.4 is 15.4 Å². The smallest absolute Gasteiger partial charge is 0.262 e. The van der Waals surface area contributed by atoms with Crippen LogP contribution in [0.15, 0.2) is 42.5 Å². The SMILES string of the molecule is CCc1ccccc1NC(=O)CCc1ccc2c(c1)NC(=O)CO2. The minimum atomic E-state index is -0.159. The van der Waals surface area contributed by atoms with Gasteiger partial charge in [-0.05, 0) is 42.2 Å². The number of rotatable bonds is 5. The third-order valence-corrected chi connectivity index (χ3v) is 3.99. The molecule has 5 nitrogen and oxygen atoms in total. The number of fused-ring (bicyclic) bond motifs is 1. The predicted molar refractivity (Wildman–Crippen MR) is 93.3 cm³/mol. The van der Waals surface area contributed by atoms with E-state index in [2.05, 4.69) is 17.6 Å². The average molecular weight is 324 g/mol. The van der Waals surface area contributed by atoms with Crippen LogP contribution in [0, 0.1) is 0 Å². The Labute approximate surface area is 141 Å². The molecule has 0 spiro atoms. The van der Waals surface area contributed by atoms with Gasteiger partial charge in [0.05, 0.1) is 5.69 Å². The molecule has 0 fully saturated rings. The maximum absolute atomic E-state index is 12.2. The molecule has 5 heteroatoms. The predicted octanol–water partition coefficient (Wildman–Crippen LogP) is 3.15. The lowest BCUT2D eigenvalue weighted by molar-refractivity contribution is -0.118. The Morgan fingerprint density at radius 1 is 1.25 bits per heavy atom. The molecule has 1 heterocycles. The Hall–Kier alpha value is -2.82. The van der Waals surface area contributed by atoms with E-state index in [0.29, 0.717) is 24.3 Å². The largest absolute Gasteiger partial charge is 0.482 e. The molecule has 2 aromatic carbocycles. The number of benzene rings is 2. The maximum atomic E-state index is 12.2. The summed E-state index contributed by atoms with van der Waals surface area (Å²) in [6.45, 7) is 2.11. The Balaban J connectivity index is 1.60. The number of carbonyl (C=O) groups is 2. The summed E-state index contributed by atoms with van der Waals surface area (Å²) in [5.41, 5.74) is 3.65. The Kier molecular flexibility index (Phi) is 4.79. The van der Waals surface area contributed by atoms with Crippen molar-refractivity contribution in [2.45, 2.75) is 26.2 Å². The highest BCUT2D eigenvalue weighted by molar-refractivity contribution is 5.95. The first kappa shape index (κ1) is 16.1. The fraction of sp³-hybridized carbons (Fsp3) is 0.263. The summed E-state index contributed by atoms with van der Waals surface area (Å²) in [7, 11) is 0. The quantitative estimate of drug-likeness (QED) is 0.888. The second-order valence-corrected chi connectivity index (χ2v) is 5.73. The maximum Gasteiger partial charge on any atom is 0.262 e. The lowest BCUT2D eigenvalue weighted by Gasteiger charge is -2.18. The van der Waals surface area contributed by atoms with Crippen LogP contribution in [-0.2, 0) is 22.4 Å². The molecule has 0 atom stereocenters. The van der Waals surface area contributed by atoms with E-state index < -0.39 is 0 Å². The molecular weight excluding hydrogens is 304 g/mol. The van der Waals surface area contributed by atoms with Crippen LogP contribution in [0.2, 0.25) is 0 Å². The zero-order valence-corrected chi connectivity index (χ0v) is 13.6. The van der Waals surface area contributed by atoms with Crippen LogP contribution in [0.3, 0.4) is 0 Å². The fourth-order valence-corrected chi connectivity index (χ4v) is 2.71. The summed E-state index contributed by atoms with van der Waals surface area (Å²) < 4.78 is 5.33. The van der Waals surface area contributed by atoms with Crippen molar-refractivity contribution in [1.29, 1.82) is 0 Å². The van der Waals surface area contributed by atoms with E-state index in [4.69, 9.17) is 4.74 Å². The number of hydrogen-bond acceptors (Lipinski definition) is 3. The van der Waals surface area contributed by atoms with Gasteiger partial charge in [0.15, 0.2) is 6.61 Å². The third-order valence-electron chi connectivity index (χ3n) is 3.99. The van der Waals surface area contributed by atoms with Gasteiger partial charge < -0.3 is 15.4 Å². The van der Waals surface area contributed by atoms with E-state index in [-0.39, 0.29) is 18.4 Å². The van der Waals surface area contributed by atoms with E-state index >= 15 is 0 Å². The van der Waals surface area contributed by atoms with Crippen molar-refractivity contribution in [3.8, 4) is 5.75 Å². The Bertz CT molecular complexity index is 771. The summed E-state index contributed by atoms with van der Waals surface area (Å²) in [6, 6.07) is 13.4. The summed E-state index contributed by atoms with van der Waals surface area (Å²) >= 11 is 0. The van der Waals surface area contributed by atoms with Crippen molar-refractivity contribution in [2.24, 2.45) is 0 Å². The first-order chi connectivity index (χ1) is 11.7. The highest BCUT2D eigenvalue weighted by Crippen LogP contribution is 2.28. The molecule has 0 aliphatic carbocycles. The topological polar surface area (TPSA) is 67.4 Å². The van der Waals surface area contributed by atoms with Crippen molar-refractivity contribution in [1.82, 2.24) is 0 Å². The monoisotopic (exact) mass is 324 g/mol. The van der Waals surface area contributed by atoms with E-state index in [1.807, 2.05) is 42.5 Å². The minimum Gasteiger partial charge on any atom is -0.482 e. The lowest BCUT2D eigenvalue weighted by atomic mass is 10.1. The molecule has 0 saturated carbocycles. The van der Waals surface area contributed by atoms with Gasteiger partial charge in [-0.25, -0.2) is 0 Å². The molecule has 1 aliphatic heterocycles. The number of carbonyl (C=O) groups excluding carboxylic acids is 2. The molecule has 2 N–H and O–H groups in total. The van der Waals surface area contributed by atoms with Crippen LogP contribution in [0.25, 0.3) is 0 Å².